The Bertz CT molecular complexity index is 902. The number of rotatable bonds is 4. The Morgan fingerprint density at radius 1 is 1.32 bits per heavy atom. The molecule has 0 fully saturated rings. The largest absolute Gasteiger partial charge is 0.361 e. The highest BCUT2D eigenvalue weighted by molar-refractivity contribution is 7.74. The van der Waals surface area contributed by atoms with Gasteiger partial charge in [0, 0.05) is 28.7 Å². The van der Waals surface area contributed by atoms with Gasteiger partial charge >= 0.3 is 11.4 Å². The molecule has 0 amide bonds. The second-order valence-corrected chi connectivity index (χ2v) is 5.38. The third kappa shape index (κ3) is 2.98. The fourth-order valence-corrected chi connectivity index (χ4v) is 2.54. The highest BCUT2D eigenvalue weighted by Gasteiger charge is 2.14. The van der Waals surface area contributed by atoms with Gasteiger partial charge < -0.3 is 9.97 Å². The molecule has 1 aromatic carbocycles. The summed E-state index contributed by atoms with van der Waals surface area (Å²) in [7, 11) is 0. The molecule has 114 valence electrons. The molecule has 0 radical (unpaired) electrons. The fraction of sp³-hybridized carbons (Fsp3) is 0.143. The van der Waals surface area contributed by atoms with E-state index in [9.17, 15) is 9.00 Å². The molecule has 2 heterocycles. The molecule has 3 rings (SSSR count). The molecule has 3 N–H and O–H groups in total. The Morgan fingerprint density at radius 3 is 2.91 bits per heavy atom. The lowest BCUT2D eigenvalue weighted by atomic mass is 10.1. The van der Waals surface area contributed by atoms with Crippen LogP contribution in [0.25, 0.3) is 22.3 Å². The van der Waals surface area contributed by atoms with Crippen LogP contribution in [0.15, 0.2) is 41.3 Å². The maximum Gasteiger partial charge on any atom is 0.302 e. The molecule has 0 aliphatic heterocycles. The smallest absolute Gasteiger partial charge is 0.302 e. The highest BCUT2D eigenvalue weighted by atomic mass is 32.2. The molecular weight excluding hydrogens is 306 g/mol. The summed E-state index contributed by atoms with van der Waals surface area (Å²) in [6.07, 6.45) is 1.05. The van der Waals surface area contributed by atoms with Crippen LogP contribution in [0.5, 0.6) is 0 Å². The van der Waals surface area contributed by atoms with Crippen LogP contribution in [0.3, 0.4) is 0 Å². The number of H-pyrrole nitrogens is 2. The van der Waals surface area contributed by atoms with Crippen LogP contribution in [0.4, 0.5) is 0 Å². The van der Waals surface area contributed by atoms with Crippen molar-refractivity contribution in [1.82, 2.24) is 15.0 Å². The van der Waals surface area contributed by atoms with E-state index in [1.807, 2.05) is 30.5 Å². The lowest BCUT2D eigenvalue weighted by Gasteiger charge is -2.10. The SMILES string of the molecule is CC(OS(=O)O)c1cc(=O)[nH]c(-c2ccc3[nH]ccc3c2)n1. The summed E-state index contributed by atoms with van der Waals surface area (Å²) in [6, 6.07) is 8.78. The van der Waals surface area contributed by atoms with Crippen molar-refractivity contribution < 1.29 is 12.9 Å². The van der Waals surface area contributed by atoms with Crippen molar-refractivity contribution in [1.29, 1.82) is 0 Å². The van der Waals surface area contributed by atoms with Crippen molar-refractivity contribution in [2.75, 3.05) is 0 Å². The molecule has 0 aliphatic rings. The number of hydrogen-bond donors (Lipinski definition) is 3. The first kappa shape index (κ1) is 14.6. The lowest BCUT2D eigenvalue weighted by Crippen LogP contribution is -2.14. The quantitative estimate of drug-likeness (QED) is 0.638. The Kier molecular flexibility index (Phi) is 3.88. The summed E-state index contributed by atoms with van der Waals surface area (Å²) in [4.78, 5) is 21.8. The van der Waals surface area contributed by atoms with Crippen LogP contribution in [0.2, 0.25) is 0 Å². The van der Waals surface area contributed by atoms with Crippen LogP contribution in [-0.2, 0) is 15.5 Å². The van der Waals surface area contributed by atoms with E-state index in [0.717, 1.165) is 16.5 Å². The molecule has 0 aliphatic carbocycles. The summed E-state index contributed by atoms with van der Waals surface area (Å²) >= 11 is -2.42. The van der Waals surface area contributed by atoms with Crippen molar-refractivity contribution in [2.45, 2.75) is 13.0 Å². The second kappa shape index (κ2) is 5.84. The van der Waals surface area contributed by atoms with Crippen LogP contribution < -0.4 is 5.56 Å². The van der Waals surface area contributed by atoms with Gasteiger partial charge in [0.1, 0.15) is 11.9 Å². The topological polar surface area (TPSA) is 108 Å². The Labute approximate surface area is 127 Å². The summed E-state index contributed by atoms with van der Waals surface area (Å²) in [6.45, 7) is 1.55. The zero-order valence-corrected chi connectivity index (χ0v) is 12.4. The number of nitrogens with zero attached hydrogens (tertiary/aromatic N) is 1. The summed E-state index contributed by atoms with van der Waals surface area (Å²) in [5, 5.41) is 0.992. The van der Waals surface area contributed by atoms with E-state index < -0.39 is 17.5 Å². The van der Waals surface area contributed by atoms with Crippen molar-refractivity contribution in [3.8, 4) is 11.4 Å². The van der Waals surface area contributed by atoms with Crippen molar-refractivity contribution >= 4 is 22.3 Å². The van der Waals surface area contributed by atoms with Crippen LogP contribution in [-0.4, -0.2) is 23.7 Å². The van der Waals surface area contributed by atoms with Gasteiger partial charge in [0.25, 0.3) is 5.56 Å². The van der Waals surface area contributed by atoms with Crippen molar-refractivity contribution in [2.24, 2.45) is 0 Å². The first-order valence-electron chi connectivity index (χ1n) is 6.50. The molecule has 2 aromatic heterocycles. The van der Waals surface area contributed by atoms with Gasteiger partial charge in [-0.1, -0.05) is 0 Å². The number of benzene rings is 1. The molecule has 2 atom stereocenters. The average molecular weight is 319 g/mol. The lowest BCUT2D eigenvalue weighted by molar-refractivity contribution is 0.222. The predicted octanol–water partition coefficient (Wildman–Crippen LogP) is 2.13. The van der Waals surface area contributed by atoms with Crippen molar-refractivity contribution in [3.63, 3.8) is 0 Å². The van der Waals surface area contributed by atoms with Crippen LogP contribution in [0.1, 0.15) is 18.7 Å². The minimum absolute atomic E-state index is 0.287. The van der Waals surface area contributed by atoms with Crippen LogP contribution >= 0.6 is 0 Å². The van der Waals surface area contributed by atoms with Gasteiger partial charge in [-0.2, -0.15) is 4.21 Å². The standard InChI is InChI=1S/C14H13N3O4S/c1-8(21-22(19)20)12-7-13(18)17-14(16-12)10-2-3-11-9(6-10)4-5-15-11/h2-8,15H,1H3,(H,19,20)(H,16,17,18). The zero-order valence-electron chi connectivity index (χ0n) is 11.6. The van der Waals surface area contributed by atoms with E-state index >= 15 is 0 Å². The number of hydrogen-bond acceptors (Lipinski definition) is 4. The van der Waals surface area contributed by atoms with Gasteiger partial charge in [-0.3, -0.25) is 13.5 Å². The van der Waals surface area contributed by atoms with Gasteiger partial charge in [0.05, 0.1) is 5.69 Å². The Hall–Kier alpha value is -2.29. The molecule has 7 nitrogen and oxygen atoms in total. The number of fused-ring (bicyclic) bond motifs is 1. The maximum atomic E-state index is 11.8. The zero-order chi connectivity index (χ0) is 15.7. The highest BCUT2D eigenvalue weighted by Crippen LogP contribution is 2.22. The molecule has 0 saturated heterocycles. The Morgan fingerprint density at radius 2 is 2.14 bits per heavy atom. The van der Waals surface area contributed by atoms with Gasteiger partial charge in [-0.15, -0.1) is 0 Å². The molecule has 8 heteroatoms. The molecular formula is C14H13N3O4S. The van der Waals surface area contributed by atoms with E-state index in [4.69, 9.17) is 8.74 Å². The summed E-state index contributed by atoms with van der Waals surface area (Å²) in [5.74, 6) is 0.379. The molecule has 22 heavy (non-hydrogen) atoms. The number of nitrogens with one attached hydrogen (secondary N) is 2. The van der Waals surface area contributed by atoms with E-state index in [-0.39, 0.29) is 11.3 Å². The van der Waals surface area contributed by atoms with E-state index in [0.29, 0.717) is 5.82 Å². The van der Waals surface area contributed by atoms with Gasteiger partial charge in [-0.25, -0.2) is 4.98 Å². The minimum Gasteiger partial charge on any atom is -0.361 e. The monoisotopic (exact) mass is 319 g/mol. The Balaban J connectivity index is 2.04. The average Bonchev–Trinajstić information content (AvgIpc) is 2.93. The summed E-state index contributed by atoms with van der Waals surface area (Å²) < 4.78 is 24.2. The van der Waals surface area contributed by atoms with Gasteiger partial charge in [-0.05, 0) is 31.2 Å². The molecule has 0 spiro atoms. The predicted molar refractivity (Wildman–Crippen MR) is 82.4 cm³/mol. The van der Waals surface area contributed by atoms with Gasteiger partial charge in [0.15, 0.2) is 0 Å². The maximum absolute atomic E-state index is 11.8. The number of aromatic amines is 2. The fourth-order valence-electron chi connectivity index (χ4n) is 2.19. The second-order valence-electron chi connectivity index (χ2n) is 4.75. The minimum atomic E-state index is -2.42. The summed E-state index contributed by atoms with van der Waals surface area (Å²) in [5.41, 5.74) is 1.65. The van der Waals surface area contributed by atoms with E-state index in [1.165, 1.54) is 6.07 Å². The molecule has 2 unspecified atom stereocenters. The molecule has 0 bridgehead atoms. The first-order chi connectivity index (χ1) is 10.5. The third-order valence-electron chi connectivity index (χ3n) is 3.23. The molecule has 3 aromatic rings. The number of aromatic nitrogens is 3. The first-order valence-corrected chi connectivity index (χ1v) is 7.53. The van der Waals surface area contributed by atoms with Crippen LogP contribution in [0, 0.1) is 0 Å². The molecule has 0 saturated carbocycles. The van der Waals surface area contributed by atoms with E-state index in [2.05, 4.69) is 15.0 Å². The van der Waals surface area contributed by atoms with Gasteiger partial charge in [0.2, 0.25) is 0 Å². The third-order valence-corrected chi connectivity index (χ3v) is 3.68. The van der Waals surface area contributed by atoms with Crippen molar-refractivity contribution in [3.05, 3.63) is 52.6 Å². The van der Waals surface area contributed by atoms with E-state index in [1.54, 1.807) is 6.92 Å². The normalized spacial score (nSPS) is 14.1.